The Hall–Kier alpha value is -1.30. The zero-order valence-electron chi connectivity index (χ0n) is 13.3. The number of hydrogen-bond donors (Lipinski definition) is 3. The molecule has 20 heavy (non-hydrogen) atoms. The summed E-state index contributed by atoms with van der Waals surface area (Å²) in [6.07, 6.45) is 0.424. The van der Waals surface area contributed by atoms with Crippen LogP contribution in [0.1, 0.15) is 41.0 Å². The first-order valence-electron chi connectivity index (χ1n) is 7.32. The molecular formula is C14H29N3O3. The van der Waals surface area contributed by atoms with Crippen molar-refractivity contribution in [2.75, 3.05) is 19.6 Å². The van der Waals surface area contributed by atoms with Crippen LogP contribution in [0.25, 0.3) is 0 Å². The summed E-state index contributed by atoms with van der Waals surface area (Å²) >= 11 is 0. The zero-order chi connectivity index (χ0) is 15.7. The number of urea groups is 1. The van der Waals surface area contributed by atoms with E-state index in [-0.39, 0.29) is 12.0 Å². The molecule has 2 atom stereocenters. The molecule has 118 valence electrons. The molecule has 0 fully saturated rings. The van der Waals surface area contributed by atoms with E-state index in [0.29, 0.717) is 6.42 Å². The van der Waals surface area contributed by atoms with Crippen LogP contribution in [0.4, 0.5) is 4.79 Å². The molecule has 0 aromatic rings. The summed E-state index contributed by atoms with van der Waals surface area (Å²) in [4.78, 5) is 25.1. The average Bonchev–Trinajstić information content (AvgIpc) is 2.34. The number of nitrogens with one attached hydrogen (secondary N) is 2. The highest BCUT2D eigenvalue weighted by Gasteiger charge is 2.21. The van der Waals surface area contributed by atoms with Gasteiger partial charge in [0.15, 0.2) is 0 Å². The van der Waals surface area contributed by atoms with E-state index in [1.807, 2.05) is 20.8 Å². The molecule has 0 saturated carbocycles. The molecule has 1 unspecified atom stereocenters. The van der Waals surface area contributed by atoms with Gasteiger partial charge in [-0.15, -0.1) is 0 Å². The van der Waals surface area contributed by atoms with E-state index in [0.717, 1.165) is 19.6 Å². The minimum Gasteiger partial charge on any atom is -0.480 e. The Balaban J connectivity index is 4.27. The van der Waals surface area contributed by atoms with Crippen LogP contribution in [0.3, 0.4) is 0 Å². The number of amides is 2. The molecule has 2 amide bonds. The van der Waals surface area contributed by atoms with Crippen molar-refractivity contribution in [2.45, 2.75) is 53.1 Å². The van der Waals surface area contributed by atoms with E-state index >= 15 is 0 Å². The highest BCUT2D eigenvalue weighted by molar-refractivity contribution is 5.82. The second-order valence-electron chi connectivity index (χ2n) is 5.53. The molecule has 0 aliphatic rings. The first-order valence-corrected chi connectivity index (χ1v) is 7.32. The second kappa shape index (κ2) is 9.58. The predicted molar refractivity (Wildman–Crippen MR) is 79.8 cm³/mol. The first kappa shape index (κ1) is 18.7. The molecule has 6 heteroatoms. The topological polar surface area (TPSA) is 81.7 Å². The smallest absolute Gasteiger partial charge is 0.326 e. The maximum absolute atomic E-state index is 11.8. The van der Waals surface area contributed by atoms with Gasteiger partial charge in [0.2, 0.25) is 0 Å². The highest BCUT2D eigenvalue weighted by atomic mass is 16.4. The molecule has 0 radical (unpaired) electrons. The number of hydrogen-bond acceptors (Lipinski definition) is 3. The predicted octanol–water partition coefficient (Wildman–Crippen LogP) is 1.52. The molecule has 0 spiro atoms. The van der Waals surface area contributed by atoms with Crippen molar-refractivity contribution < 1.29 is 14.7 Å². The molecule has 0 aromatic carbocycles. The Morgan fingerprint density at radius 1 is 1.10 bits per heavy atom. The number of nitrogens with zero attached hydrogens (tertiary/aromatic N) is 1. The Kier molecular flexibility index (Phi) is 8.96. The third-order valence-electron chi connectivity index (χ3n) is 3.11. The van der Waals surface area contributed by atoms with E-state index in [2.05, 4.69) is 29.4 Å². The fourth-order valence-electron chi connectivity index (χ4n) is 2.03. The molecule has 3 N–H and O–H groups in total. The van der Waals surface area contributed by atoms with E-state index in [4.69, 9.17) is 5.11 Å². The highest BCUT2D eigenvalue weighted by Crippen LogP contribution is 2.04. The van der Waals surface area contributed by atoms with Gasteiger partial charge in [-0.3, -0.25) is 0 Å². The number of carbonyl (C=O) groups excluding carboxylic acids is 1. The summed E-state index contributed by atoms with van der Waals surface area (Å²) in [5.41, 5.74) is 0. The van der Waals surface area contributed by atoms with Crippen LogP contribution >= 0.6 is 0 Å². The van der Waals surface area contributed by atoms with Gasteiger partial charge in [0.05, 0.1) is 0 Å². The zero-order valence-corrected chi connectivity index (χ0v) is 13.3. The minimum atomic E-state index is -0.995. The van der Waals surface area contributed by atoms with Crippen LogP contribution in [0, 0.1) is 5.92 Å². The molecule has 0 rings (SSSR count). The largest absolute Gasteiger partial charge is 0.480 e. The van der Waals surface area contributed by atoms with Crippen LogP contribution in [0.15, 0.2) is 0 Å². The second-order valence-corrected chi connectivity index (χ2v) is 5.53. The number of rotatable bonds is 9. The number of carboxylic acids is 1. The van der Waals surface area contributed by atoms with E-state index in [1.165, 1.54) is 0 Å². The molecule has 0 aromatic heterocycles. The van der Waals surface area contributed by atoms with Gasteiger partial charge in [0.1, 0.15) is 6.04 Å². The van der Waals surface area contributed by atoms with Gasteiger partial charge in [-0.05, 0) is 32.4 Å². The lowest BCUT2D eigenvalue weighted by Crippen LogP contribution is -2.51. The van der Waals surface area contributed by atoms with E-state index < -0.39 is 18.0 Å². The fourth-order valence-corrected chi connectivity index (χ4v) is 2.03. The van der Waals surface area contributed by atoms with E-state index in [1.54, 1.807) is 0 Å². The summed E-state index contributed by atoms with van der Waals surface area (Å²) in [5.74, 6) is -0.783. The standard InChI is InChI=1S/C14H29N3O3/c1-6-17(7-2)9-11(5)15-14(20)16-12(13(18)19)8-10(3)4/h10-12H,6-9H2,1-5H3,(H,18,19)(H2,15,16,20)/t11?,12-/m1/s1. The Morgan fingerprint density at radius 3 is 2.05 bits per heavy atom. The molecule has 0 aliphatic carbocycles. The van der Waals surface area contributed by atoms with Crippen molar-refractivity contribution in [3.05, 3.63) is 0 Å². The van der Waals surface area contributed by atoms with Gasteiger partial charge in [0, 0.05) is 12.6 Å². The van der Waals surface area contributed by atoms with Crippen molar-refractivity contribution in [2.24, 2.45) is 5.92 Å². The summed E-state index contributed by atoms with van der Waals surface area (Å²) in [6.45, 7) is 12.5. The Bertz CT molecular complexity index is 304. The van der Waals surface area contributed by atoms with Gasteiger partial charge >= 0.3 is 12.0 Å². The fraction of sp³-hybridized carbons (Fsp3) is 0.857. The number of aliphatic carboxylic acids is 1. The monoisotopic (exact) mass is 287 g/mol. The Morgan fingerprint density at radius 2 is 1.65 bits per heavy atom. The van der Waals surface area contributed by atoms with Crippen molar-refractivity contribution in [3.8, 4) is 0 Å². The lowest BCUT2D eigenvalue weighted by Gasteiger charge is -2.24. The quantitative estimate of drug-likeness (QED) is 0.600. The summed E-state index contributed by atoms with van der Waals surface area (Å²) < 4.78 is 0. The average molecular weight is 287 g/mol. The van der Waals surface area contributed by atoms with Gasteiger partial charge in [-0.2, -0.15) is 0 Å². The number of likely N-dealkylation sites (N-methyl/N-ethyl adjacent to an activating group) is 1. The molecule has 0 heterocycles. The van der Waals surface area contributed by atoms with E-state index in [9.17, 15) is 9.59 Å². The van der Waals surface area contributed by atoms with Gasteiger partial charge in [0.25, 0.3) is 0 Å². The normalized spacial score (nSPS) is 14.2. The Labute approximate surface area is 121 Å². The molecular weight excluding hydrogens is 258 g/mol. The van der Waals surface area contributed by atoms with Gasteiger partial charge in [-0.25, -0.2) is 9.59 Å². The first-order chi connectivity index (χ1) is 9.29. The summed E-state index contributed by atoms with van der Waals surface area (Å²) in [7, 11) is 0. The third-order valence-corrected chi connectivity index (χ3v) is 3.11. The van der Waals surface area contributed by atoms with Crippen LogP contribution in [0.5, 0.6) is 0 Å². The molecule has 0 bridgehead atoms. The minimum absolute atomic E-state index is 0.0246. The molecule has 0 saturated heterocycles. The lowest BCUT2D eigenvalue weighted by atomic mass is 10.0. The van der Waals surface area contributed by atoms with Crippen LogP contribution in [-0.4, -0.2) is 53.7 Å². The summed E-state index contributed by atoms with van der Waals surface area (Å²) in [5, 5.41) is 14.4. The van der Waals surface area contributed by atoms with Gasteiger partial charge in [-0.1, -0.05) is 27.7 Å². The lowest BCUT2D eigenvalue weighted by molar-refractivity contribution is -0.139. The molecule has 6 nitrogen and oxygen atoms in total. The van der Waals surface area contributed by atoms with Crippen molar-refractivity contribution >= 4 is 12.0 Å². The summed E-state index contributed by atoms with van der Waals surface area (Å²) in [6, 6.07) is -1.28. The molecule has 0 aliphatic heterocycles. The third kappa shape index (κ3) is 7.99. The van der Waals surface area contributed by atoms with Gasteiger partial charge < -0.3 is 20.6 Å². The van der Waals surface area contributed by atoms with Crippen molar-refractivity contribution in [1.29, 1.82) is 0 Å². The maximum atomic E-state index is 11.8. The van der Waals surface area contributed by atoms with Crippen LogP contribution in [-0.2, 0) is 4.79 Å². The van der Waals surface area contributed by atoms with Crippen molar-refractivity contribution in [3.63, 3.8) is 0 Å². The maximum Gasteiger partial charge on any atom is 0.326 e. The number of carboxylic acid groups (broad SMARTS) is 1. The SMILES string of the molecule is CCN(CC)CC(C)NC(=O)N[C@H](CC(C)C)C(=O)O. The van der Waals surface area contributed by atoms with Crippen molar-refractivity contribution in [1.82, 2.24) is 15.5 Å². The van der Waals surface area contributed by atoms with Crippen LogP contribution < -0.4 is 10.6 Å². The number of carbonyl (C=O) groups is 2. The van der Waals surface area contributed by atoms with Crippen LogP contribution in [0.2, 0.25) is 0 Å².